The summed E-state index contributed by atoms with van der Waals surface area (Å²) in [5.74, 6) is -0.00136. The number of hydrogen-bond acceptors (Lipinski definition) is 3. The van der Waals surface area contributed by atoms with E-state index in [4.69, 9.17) is 0 Å². The van der Waals surface area contributed by atoms with Crippen molar-refractivity contribution in [1.82, 2.24) is 9.80 Å². The van der Waals surface area contributed by atoms with Crippen molar-refractivity contribution in [3.05, 3.63) is 71.8 Å². The van der Waals surface area contributed by atoms with Crippen LogP contribution in [0.15, 0.2) is 60.7 Å². The molecule has 0 spiro atoms. The van der Waals surface area contributed by atoms with Crippen molar-refractivity contribution in [2.45, 2.75) is 25.5 Å². The number of likely N-dealkylation sites (N-methyl/N-ethyl adjacent to an activating group) is 1. The van der Waals surface area contributed by atoms with Crippen molar-refractivity contribution < 1.29 is 9.90 Å². The minimum atomic E-state index is -0.497. The summed E-state index contributed by atoms with van der Waals surface area (Å²) in [6.45, 7) is 4.94. The van der Waals surface area contributed by atoms with Gasteiger partial charge in [0.05, 0.1) is 12.1 Å². The molecule has 25 heavy (non-hydrogen) atoms. The zero-order valence-corrected chi connectivity index (χ0v) is 14.7. The molecule has 4 heteroatoms. The van der Waals surface area contributed by atoms with Crippen LogP contribution in [0.2, 0.25) is 0 Å². The van der Waals surface area contributed by atoms with Crippen molar-refractivity contribution in [1.29, 1.82) is 0 Å². The highest BCUT2D eigenvalue weighted by atomic mass is 16.3. The monoisotopic (exact) mass is 338 g/mol. The van der Waals surface area contributed by atoms with Crippen LogP contribution in [0.3, 0.4) is 0 Å². The largest absolute Gasteiger partial charge is 0.390 e. The van der Waals surface area contributed by atoms with E-state index in [9.17, 15) is 9.90 Å². The molecule has 0 saturated carbocycles. The van der Waals surface area contributed by atoms with Gasteiger partial charge < -0.3 is 10.0 Å². The van der Waals surface area contributed by atoms with Gasteiger partial charge >= 0.3 is 0 Å². The van der Waals surface area contributed by atoms with E-state index in [-0.39, 0.29) is 11.9 Å². The Kier molecular flexibility index (Phi) is 5.84. The summed E-state index contributed by atoms with van der Waals surface area (Å²) in [5.41, 5.74) is 1.88. The maximum atomic E-state index is 13.1. The van der Waals surface area contributed by atoms with Crippen molar-refractivity contribution in [3.8, 4) is 0 Å². The molecule has 1 amide bonds. The smallest absolute Gasteiger partial charge is 0.254 e. The van der Waals surface area contributed by atoms with Crippen LogP contribution in [0.5, 0.6) is 0 Å². The lowest BCUT2D eigenvalue weighted by atomic mass is 10.1. The second-order valence-electron chi connectivity index (χ2n) is 6.59. The average Bonchev–Trinajstić information content (AvgIpc) is 3.04. The summed E-state index contributed by atoms with van der Waals surface area (Å²) in [6.07, 6.45) is 0.290. The fourth-order valence-corrected chi connectivity index (χ4v) is 3.47. The number of carbonyl (C=O) groups excluding carboxylic acids is 1. The molecule has 2 aromatic carbocycles. The Labute approximate surface area is 149 Å². The Hall–Kier alpha value is -2.17. The first-order chi connectivity index (χ1) is 12.2. The molecule has 1 N–H and O–H groups in total. The van der Waals surface area contributed by atoms with Crippen molar-refractivity contribution in [3.63, 3.8) is 0 Å². The molecule has 4 nitrogen and oxygen atoms in total. The second-order valence-corrected chi connectivity index (χ2v) is 6.59. The molecule has 0 aliphatic carbocycles. The SMILES string of the molecule is CCN1C[C@@H](O)[C@H](N(CCc2ccccc2)C(=O)c2ccccc2)C1. The highest BCUT2D eigenvalue weighted by Gasteiger charge is 2.37. The zero-order valence-electron chi connectivity index (χ0n) is 14.7. The van der Waals surface area contributed by atoms with Crippen LogP contribution in [-0.4, -0.2) is 59.1 Å². The lowest BCUT2D eigenvalue weighted by molar-refractivity contribution is 0.0507. The first-order valence-corrected chi connectivity index (χ1v) is 8.99. The lowest BCUT2D eigenvalue weighted by Gasteiger charge is -2.31. The van der Waals surface area contributed by atoms with E-state index in [0.29, 0.717) is 18.7 Å². The van der Waals surface area contributed by atoms with Gasteiger partial charge in [0.15, 0.2) is 0 Å². The number of benzene rings is 2. The van der Waals surface area contributed by atoms with Gasteiger partial charge in [0.1, 0.15) is 0 Å². The van der Waals surface area contributed by atoms with Gasteiger partial charge in [-0.15, -0.1) is 0 Å². The molecule has 132 valence electrons. The van der Waals surface area contributed by atoms with Crippen molar-refractivity contribution in [2.75, 3.05) is 26.2 Å². The molecule has 0 bridgehead atoms. The van der Waals surface area contributed by atoms with Crippen LogP contribution >= 0.6 is 0 Å². The first kappa shape index (κ1) is 17.6. The van der Waals surface area contributed by atoms with Crippen molar-refractivity contribution in [2.24, 2.45) is 0 Å². The number of carbonyl (C=O) groups is 1. The lowest BCUT2D eigenvalue weighted by Crippen LogP contribution is -2.47. The van der Waals surface area contributed by atoms with E-state index >= 15 is 0 Å². The summed E-state index contributed by atoms with van der Waals surface area (Å²) >= 11 is 0. The summed E-state index contributed by atoms with van der Waals surface area (Å²) in [6, 6.07) is 19.4. The fraction of sp³-hybridized carbons (Fsp3) is 0.381. The van der Waals surface area contributed by atoms with Gasteiger partial charge in [-0.3, -0.25) is 9.69 Å². The molecule has 2 aromatic rings. The van der Waals surface area contributed by atoms with Crippen LogP contribution in [0.25, 0.3) is 0 Å². The van der Waals surface area contributed by atoms with E-state index < -0.39 is 6.10 Å². The van der Waals surface area contributed by atoms with E-state index in [1.807, 2.05) is 53.4 Å². The number of amides is 1. The molecule has 2 atom stereocenters. The Bertz CT molecular complexity index is 675. The van der Waals surface area contributed by atoms with Crippen molar-refractivity contribution >= 4 is 5.91 Å². The Morgan fingerprint density at radius 3 is 2.32 bits per heavy atom. The van der Waals surface area contributed by atoms with Crippen LogP contribution in [0.4, 0.5) is 0 Å². The predicted octanol–water partition coefficient (Wildman–Crippen LogP) is 2.44. The van der Waals surface area contributed by atoms with Gasteiger partial charge in [-0.1, -0.05) is 55.5 Å². The number of nitrogens with zero attached hydrogens (tertiary/aromatic N) is 2. The van der Waals surface area contributed by atoms with E-state index in [1.54, 1.807) is 0 Å². The second kappa shape index (κ2) is 8.28. The molecule has 1 fully saturated rings. The Morgan fingerprint density at radius 2 is 1.72 bits per heavy atom. The Balaban J connectivity index is 1.79. The van der Waals surface area contributed by atoms with Crippen LogP contribution in [0, 0.1) is 0 Å². The molecule has 3 rings (SSSR count). The highest BCUT2D eigenvalue weighted by molar-refractivity contribution is 5.94. The third-order valence-corrected chi connectivity index (χ3v) is 4.95. The quantitative estimate of drug-likeness (QED) is 0.880. The van der Waals surface area contributed by atoms with Crippen LogP contribution < -0.4 is 0 Å². The van der Waals surface area contributed by atoms with E-state index in [2.05, 4.69) is 24.0 Å². The molecule has 1 aliphatic rings. The molecule has 0 radical (unpaired) electrons. The van der Waals surface area contributed by atoms with Crippen LogP contribution in [-0.2, 0) is 6.42 Å². The molecule has 1 saturated heterocycles. The summed E-state index contributed by atoms with van der Waals surface area (Å²) in [5, 5.41) is 10.5. The molecule has 0 aromatic heterocycles. The fourth-order valence-electron chi connectivity index (χ4n) is 3.47. The predicted molar refractivity (Wildman–Crippen MR) is 99.5 cm³/mol. The summed E-state index contributed by atoms with van der Waals surface area (Å²) < 4.78 is 0. The first-order valence-electron chi connectivity index (χ1n) is 8.99. The average molecular weight is 338 g/mol. The maximum Gasteiger partial charge on any atom is 0.254 e. The van der Waals surface area contributed by atoms with Gasteiger partial charge in [-0.25, -0.2) is 0 Å². The standard InChI is InChI=1S/C21H26N2O2/c1-2-22-15-19(20(24)16-22)23(14-13-17-9-5-3-6-10-17)21(25)18-11-7-4-8-12-18/h3-12,19-20,24H,2,13-16H2,1H3/t19-,20-/m1/s1. The highest BCUT2D eigenvalue weighted by Crippen LogP contribution is 2.19. The van der Waals surface area contributed by atoms with E-state index in [0.717, 1.165) is 19.5 Å². The third kappa shape index (κ3) is 4.27. The van der Waals surface area contributed by atoms with Crippen LogP contribution in [0.1, 0.15) is 22.8 Å². The number of rotatable bonds is 6. The minimum Gasteiger partial charge on any atom is -0.390 e. The number of aliphatic hydroxyl groups excluding tert-OH is 1. The van der Waals surface area contributed by atoms with Gasteiger partial charge in [-0.05, 0) is 30.7 Å². The molecular formula is C21H26N2O2. The Morgan fingerprint density at radius 1 is 1.08 bits per heavy atom. The summed E-state index contributed by atoms with van der Waals surface area (Å²) in [7, 11) is 0. The molecule has 1 heterocycles. The molecular weight excluding hydrogens is 312 g/mol. The topological polar surface area (TPSA) is 43.8 Å². The number of aliphatic hydroxyl groups is 1. The summed E-state index contributed by atoms with van der Waals surface area (Å²) in [4.78, 5) is 17.2. The normalized spacial score (nSPS) is 20.6. The van der Waals surface area contributed by atoms with E-state index in [1.165, 1.54) is 5.56 Å². The number of β-amino-alcohol motifs (C(OH)–C–C–N with tert-alkyl or cyclic N) is 1. The number of hydrogen-bond donors (Lipinski definition) is 1. The zero-order chi connectivity index (χ0) is 17.6. The molecule has 0 unspecified atom stereocenters. The minimum absolute atomic E-state index is 0.00136. The maximum absolute atomic E-state index is 13.1. The van der Waals surface area contributed by atoms with Gasteiger partial charge in [-0.2, -0.15) is 0 Å². The third-order valence-electron chi connectivity index (χ3n) is 4.95. The molecule has 1 aliphatic heterocycles. The van der Waals surface area contributed by atoms with Gasteiger partial charge in [0.25, 0.3) is 5.91 Å². The van der Waals surface area contributed by atoms with Gasteiger partial charge in [0, 0.05) is 25.2 Å². The van der Waals surface area contributed by atoms with Gasteiger partial charge in [0.2, 0.25) is 0 Å². The number of likely N-dealkylation sites (tertiary alicyclic amines) is 1.